The Kier molecular flexibility index (Phi) is 7.61. The highest BCUT2D eigenvalue weighted by Gasteiger charge is 2.17. The Hall–Kier alpha value is -3.62. The lowest BCUT2D eigenvalue weighted by Gasteiger charge is -2.10. The van der Waals surface area contributed by atoms with Crippen LogP contribution in [-0.4, -0.2) is 39.2 Å². The molecule has 0 unspecified atom stereocenters. The van der Waals surface area contributed by atoms with Crippen LogP contribution in [0.5, 0.6) is 5.75 Å². The summed E-state index contributed by atoms with van der Waals surface area (Å²) in [5.41, 5.74) is 5.91. The number of amides is 1. The molecule has 1 amide bonds. The van der Waals surface area contributed by atoms with Crippen molar-refractivity contribution in [1.82, 2.24) is 20.2 Å². The van der Waals surface area contributed by atoms with Gasteiger partial charge in [-0.05, 0) is 55.5 Å². The minimum Gasteiger partial charge on any atom is -0.497 e. The first kappa shape index (κ1) is 23.5. The average Bonchev–Trinajstić information content (AvgIpc) is 3.31. The molecule has 0 saturated heterocycles. The van der Waals surface area contributed by atoms with Crippen LogP contribution in [0, 0.1) is 0 Å². The monoisotopic (exact) mass is 491 g/mol. The van der Waals surface area contributed by atoms with E-state index in [1.807, 2.05) is 90.4 Å². The van der Waals surface area contributed by atoms with Crippen molar-refractivity contribution < 1.29 is 9.53 Å². The molecule has 3 aromatic carbocycles. The van der Waals surface area contributed by atoms with Crippen LogP contribution < -0.4 is 10.2 Å². The second-order valence-electron chi connectivity index (χ2n) is 7.24. The molecule has 34 heavy (non-hydrogen) atoms. The van der Waals surface area contributed by atoms with Crippen molar-refractivity contribution in [3.63, 3.8) is 0 Å². The van der Waals surface area contributed by atoms with E-state index in [0.29, 0.717) is 21.7 Å². The van der Waals surface area contributed by atoms with Crippen LogP contribution in [0.25, 0.3) is 17.1 Å². The maximum absolute atomic E-state index is 12.5. The van der Waals surface area contributed by atoms with Crippen LogP contribution in [0.2, 0.25) is 5.02 Å². The number of ether oxygens (including phenoxy) is 1. The summed E-state index contributed by atoms with van der Waals surface area (Å²) in [6, 6.07) is 24.7. The number of thioether (sulfide) groups is 1. The number of nitrogens with one attached hydrogen (secondary N) is 1. The zero-order valence-electron chi connectivity index (χ0n) is 18.6. The molecule has 0 spiro atoms. The second-order valence-corrected chi connectivity index (χ2v) is 8.62. The molecule has 0 atom stereocenters. The van der Waals surface area contributed by atoms with Crippen molar-refractivity contribution in [2.75, 3.05) is 12.9 Å². The Balaban J connectivity index is 1.50. The highest BCUT2D eigenvalue weighted by molar-refractivity contribution is 7.99. The molecule has 0 bridgehead atoms. The summed E-state index contributed by atoms with van der Waals surface area (Å²) in [5.74, 6) is 1.27. The van der Waals surface area contributed by atoms with Gasteiger partial charge in [0.2, 0.25) is 0 Å². The number of benzene rings is 3. The van der Waals surface area contributed by atoms with Crippen LogP contribution in [0.1, 0.15) is 12.5 Å². The van der Waals surface area contributed by atoms with Crippen LogP contribution in [-0.2, 0) is 4.79 Å². The molecule has 1 aromatic heterocycles. The molecule has 7 nitrogen and oxygen atoms in total. The Morgan fingerprint density at radius 2 is 1.82 bits per heavy atom. The van der Waals surface area contributed by atoms with Gasteiger partial charge < -0.3 is 4.74 Å². The van der Waals surface area contributed by atoms with Gasteiger partial charge in [-0.2, -0.15) is 5.10 Å². The molecular formula is C25H22ClN5O2S. The number of nitrogens with zero attached hydrogens (tertiary/aromatic N) is 4. The molecule has 0 saturated carbocycles. The first-order chi connectivity index (χ1) is 16.5. The SMILES string of the molecule is COc1cccc(/C(C)=N/NC(=O)CSc2nnc(-c3ccc(Cl)cc3)n2-c2ccccc2)c1. The number of hydrogen-bond donors (Lipinski definition) is 1. The van der Waals surface area contributed by atoms with Crippen LogP contribution >= 0.6 is 23.4 Å². The fraction of sp³-hybridized carbons (Fsp3) is 0.120. The molecule has 4 aromatic rings. The minimum atomic E-state index is -0.247. The van der Waals surface area contributed by atoms with E-state index in [0.717, 1.165) is 22.6 Å². The normalized spacial score (nSPS) is 11.3. The van der Waals surface area contributed by atoms with Gasteiger partial charge in [-0.25, -0.2) is 5.43 Å². The van der Waals surface area contributed by atoms with Crippen molar-refractivity contribution >= 4 is 35.0 Å². The molecule has 0 aliphatic carbocycles. The van der Waals surface area contributed by atoms with Gasteiger partial charge in [0.25, 0.3) is 5.91 Å². The van der Waals surface area contributed by atoms with Gasteiger partial charge in [0.15, 0.2) is 11.0 Å². The molecule has 0 fully saturated rings. The third-order valence-electron chi connectivity index (χ3n) is 4.92. The summed E-state index contributed by atoms with van der Waals surface area (Å²) in [5, 5.41) is 14.2. The van der Waals surface area contributed by atoms with Crippen molar-refractivity contribution in [3.8, 4) is 22.8 Å². The molecule has 0 aliphatic heterocycles. The summed E-state index contributed by atoms with van der Waals surface area (Å²) in [6.07, 6.45) is 0. The van der Waals surface area contributed by atoms with E-state index in [9.17, 15) is 4.79 Å². The van der Waals surface area contributed by atoms with Crippen LogP contribution in [0.15, 0.2) is 89.1 Å². The summed E-state index contributed by atoms with van der Waals surface area (Å²) in [4.78, 5) is 12.5. The fourth-order valence-electron chi connectivity index (χ4n) is 3.18. The van der Waals surface area contributed by atoms with E-state index in [4.69, 9.17) is 16.3 Å². The molecule has 0 aliphatic rings. The maximum Gasteiger partial charge on any atom is 0.250 e. The number of aromatic nitrogens is 3. The third-order valence-corrected chi connectivity index (χ3v) is 6.10. The summed E-state index contributed by atoms with van der Waals surface area (Å²) in [6.45, 7) is 1.83. The van der Waals surface area contributed by atoms with E-state index in [1.165, 1.54) is 11.8 Å². The van der Waals surface area contributed by atoms with Gasteiger partial charge in [0, 0.05) is 21.8 Å². The van der Waals surface area contributed by atoms with Gasteiger partial charge in [0.05, 0.1) is 18.6 Å². The van der Waals surface area contributed by atoms with Crippen LogP contribution in [0.3, 0.4) is 0 Å². The predicted molar refractivity (Wildman–Crippen MR) is 136 cm³/mol. The van der Waals surface area contributed by atoms with Gasteiger partial charge in [-0.15, -0.1) is 10.2 Å². The number of methoxy groups -OCH3 is 1. The summed E-state index contributed by atoms with van der Waals surface area (Å²) >= 11 is 7.33. The van der Waals surface area contributed by atoms with E-state index < -0.39 is 0 Å². The summed E-state index contributed by atoms with van der Waals surface area (Å²) < 4.78 is 7.16. The largest absolute Gasteiger partial charge is 0.497 e. The predicted octanol–water partition coefficient (Wildman–Crippen LogP) is 5.23. The van der Waals surface area contributed by atoms with Gasteiger partial charge in [-0.1, -0.05) is 53.7 Å². The van der Waals surface area contributed by atoms with Gasteiger partial charge in [0.1, 0.15) is 5.75 Å². The number of carbonyl (C=O) groups excluding carboxylic acids is 1. The molecule has 172 valence electrons. The molecule has 1 heterocycles. The lowest BCUT2D eigenvalue weighted by atomic mass is 10.1. The maximum atomic E-state index is 12.5. The second kappa shape index (κ2) is 11.0. The molecule has 4 rings (SSSR count). The minimum absolute atomic E-state index is 0.125. The topological polar surface area (TPSA) is 81.4 Å². The molecule has 1 N–H and O–H groups in total. The Morgan fingerprint density at radius 3 is 2.56 bits per heavy atom. The smallest absolute Gasteiger partial charge is 0.250 e. The Bertz CT molecular complexity index is 1310. The highest BCUT2D eigenvalue weighted by Crippen LogP contribution is 2.28. The lowest BCUT2D eigenvalue weighted by Crippen LogP contribution is -2.21. The number of halogens is 1. The number of rotatable bonds is 8. The van der Waals surface area contributed by atoms with Crippen molar-refractivity contribution in [2.24, 2.45) is 5.10 Å². The highest BCUT2D eigenvalue weighted by atomic mass is 35.5. The zero-order valence-corrected chi connectivity index (χ0v) is 20.2. The standard InChI is InChI=1S/C25H22ClN5O2S/c1-17(19-7-6-10-22(15-19)33-2)27-28-23(32)16-34-25-30-29-24(18-11-13-20(26)14-12-18)31(25)21-8-4-3-5-9-21/h3-15H,16H2,1-2H3,(H,28,32)/b27-17+. The molecule has 9 heteroatoms. The number of carbonyl (C=O) groups is 1. The molecular weight excluding hydrogens is 470 g/mol. The van der Waals surface area contributed by atoms with E-state index in [1.54, 1.807) is 7.11 Å². The van der Waals surface area contributed by atoms with E-state index in [-0.39, 0.29) is 11.7 Å². The Morgan fingerprint density at radius 1 is 1.06 bits per heavy atom. The molecule has 0 radical (unpaired) electrons. The summed E-state index contributed by atoms with van der Waals surface area (Å²) in [7, 11) is 1.61. The van der Waals surface area contributed by atoms with Gasteiger partial charge in [-0.3, -0.25) is 9.36 Å². The van der Waals surface area contributed by atoms with Crippen molar-refractivity contribution in [2.45, 2.75) is 12.1 Å². The Labute approximate surface area is 206 Å². The first-order valence-corrected chi connectivity index (χ1v) is 11.8. The third kappa shape index (κ3) is 5.65. The van der Waals surface area contributed by atoms with Crippen molar-refractivity contribution in [3.05, 3.63) is 89.4 Å². The quantitative estimate of drug-likeness (QED) is 0.207. The average molecular weight is 492 g/mol. The fourth-order valence-corrected chi connectivity index (χ4v) is 4.05. The number of para-hydroxylation sites is 1. The van der Waals surface area contributed by atoms with E-state index >= 15 is 0 Å². The number of hydrogen-bond acceptors (Lipinski definition) is 6. The first-order valence-electron chi connectivity index (χ1n) is 10.4. The van der Waals surface area contributed by atoms with Gasteiger partial charge >= 0.3 is 0 Å². The van der Waals surface area contributed by atoms with E-state index in [2.05, 4.69) is 20.7 Å². The van der Waals surface area contributed by atoms with Crippen molar-refractivity contribution in [1.29, 1.82) is 0 Å². The van der Waals surface area contributed by atoms with Crippen LogP contribution in [0.4, 0.5) is 0 Å². The zero-order chi connectivity index (χ0) is 23.9. The number of hydrazone groups is 1. The lowest BCUT2D eigenvalue weighted by molar-refractivity contribution is -0.118.